The second-order valence-corrected chi connectivity index (χ2v) is 9.51. The van der Waals surface area contributed by atoms with Gasteiger partial charge in [-0.15, -0.1) is 0 Å². The van der Waals surface area contributed by atoms with Crippen LogP contribution in [0.15, 0.2) is 30.3 Å². The van der Waals surface area contributed by atoms with Crippen LogP contribution in [-0.2, 0) is 0 Å². The lowest BCUT2D eigenvalue weighted by Gasteiger charge is -2.28. The lowest BCUT2D eigenvalue weighted by atomic mass is 10.1. The van der Waals surface area contributed by atoms with E-state index in [9.17, 15) is 23.7 Å². The summed E-state index contributed by atoms with van der Waals surface area (Å²) in [5.41, 5.74) is 0.490. The Hall–Kier alpha value is -3.18. The van der Waals surface area contributed by atoms with Crippen molar-refractivity contribution in [3.8, 4) is 0 Å². The summed E-state index contributed by atoms with van der Waals surface area (Å²) in [4.78, 5) is 34.3. The zero-order chi connectivity index (χ0) is 24.4. The smallest absolute Gasteiger partial charge is 0.293 e. The molecule has 34 heavy (non-hydrogen) atoms. The number of rotatable bonds is 7. The molecule has 1 aromatic heterocycles. The predicted octanol–water partition coefficient (Wildman–Crippen LogP) is 4.68. The summed E-state index contributed by atoms with van der Waals surface area (Å²) in [7, 11) is 3.68. The molecule has 8 nitrogen and oxygen atoms in total. The normalized spacial score (nSPS) is 14.1. The first-order chi connectivity index (χ1) is 16.2. The third kappa shape index (κ3) is 5.00. The Morgan fingerprint density at radius 2 is 1.88 bits per heavy atom. The molecule has 0 atom stereocenters. The number of hydrogen-bond acceptors (Lipinski definition) is 7. The number of likely N-dealkylation sites (N-methyl/N-ethyl adjacent to an activating group) is 1. The minimum atomic E-state index is -0.806. The Morgan fingerprint density at radius 1 is 1.15 bits per heavy atom. The number of piperidine rings is 1. The standard InChI is InChI=1S/C23H25F2N5O3S/c1-27(2)10-11-29(23-26-21-17(25)13-16(24)14-20(21)34-23)22(31)15-6-7-18(19(12-15)30(32)33)28-8-4-3-5-9-28/h6-7,12-14H,3-5,8-11H2,1-2H3. The summed E-state index contributed by atoms with van der Waals surface area (Å²) in [6, 6.07) is 6.42. The van der Waals surface area contributed by atoms with E-state index in [1.807, 2.05) is 23.9 Å². The maximum absolute atomic E-state index is 14.2. The van der Waals surface area contributed by atoms with Crippen molar-refractivity contribution in [1.82, 2.24) is 9.88 Å². The van der Waals surface area contributed by atoms with E-state index in [2.05, 4.69) is 4.98 Å². The lowest BCUT2D eigenvalue weighted by Crippen LogP contribution is -2.37. The number of hydrogen-bond donors (Lipinski definition) is 0. The van der Waals surface area contributed by atoms with Crippen molar-refractivity contribution in [2.45, 2.75) is 19.3 Å². The highest BCUT2D eigenvalue weighted by atomic mass is 32.1. The molecule has 11 heteroatoms. The van der Waals surface area contributed by atoms with Crippen molar-refractivity contribution in [3.05, 3.63) is 57.6 Å². The van der Waals surface area contributed by atoms with Crippen LogP contribution >= 0.6 is 11.3 Å². The molecule has 0 radical (unpaired) electrons. The number of fused-ring (bicyclic) bond motifs is 1. The molecular formula is C23H25F2N5O3S. The molecule has 4 rings (SSSR count). The Bertz CT molecular complexity index is 1230. The Labute approximate surface area is 199 Å². The summed E-state index contributed by atoms with van der Waals surface area (Å²) in [6.07, 6.45) is 3.02. The van der Waals surface area contributed by atoms with E-state index in [0.717, 1.165) is 49.8 Å². The van der Waals surface area contributed by atoms with E-state index >= 15 is 0 Å². The van der Waals surface area contributed by atoms with Gasteiger partial charge in [-0.05, 0) is 51.6 Å². The summed E-state index contributed by atoms with van der Waals surface area (Å²) in [6.45, 7) is 2.16. The van der Waals surface area contributed by atoms with Crippen LogP contribution < -0.4 is 9.80 Å². The van der Waals surface area contributed by atoms with Crippen LogP contribution in [0.3, 0.4) is 0 Å². The molecule has 1 aliphatic rings. The minimum Gasteiger partial charge on any atom is -0.366 e. The highest BCUT2D eigenvalue weighted by Crippen LogP contribution is 2.34. The van der Waals surface area contributed by atoms with E-state index in [-0.39, 0.29) is 33.1 Å². The number of nitro groups is 1. The van der Waals surface area contributed by atoms with Gasteiger partial charge in [0.25, 0.3) is 11.6 Å². The van der Waals surface area contributed by atoms with E-state index in [1.165, 1.54) is 17.0 Å². The van der Waals surface area contributed by atoms with Gasteiger partial charge in [0.05, 0.1) is 9.62 Å². The number of amides is 1. The summed E-state index contributed by atoms with van der Waals surface area (Å²) < 4.78 is 28.2. The highest BCUT2D eigenvalue weighted by molar-refractivity contribution is 7.22. The Balaban J connectivity index is 1.72. The van der Waals surface area contributed by atoms with Gasteiger partial charge in [0, 0.05) is 43.9 Å². The fraction of sp³-hybridized carbons (Fsp3) is 0.391. The molecule has 1 saturated heterocycles. The minimum absolute atomic E-state index is 0.0181. The van der Waals surface area contributed by atoms with Crippen molar-refractivity contribution < 1.29 is 18.5 Å². The van der Waals surface area contributed by atoms with E-state index < -0.39 is 22.5 Å². The molecule has 2 heterocycles. The molecule has 3 aromatic rings. The number of nitrogens with zero attached hydrogens (tertiary/aromatic N) is 5. The van der Waals surface area contributed by atoms with Crippen molar-refractivity contribution in [2.24, 2.45) is 0 Å². The molecule has 1 amide bonds. The van der Waals surface area contributed by atoms with Gasteiger partial charge in [-0.1, -0.05) is 11.3 Å². The summed E-state index contributed by atoms with van der Waals surface area (Å²) >= 11 is 0.998. The second-order valence-electron chi connectivity index (χ2n) is 8.50. The highest BCUT2D eigenvalue weighted by Gasteiger charge is 2.27. The molecule has 0 saturated carbocycles. The number of nitro benzene ring substituents is 1. The summed E-state index contributed by atoms with van der Waals surface area (Å²) in [5.74, 6) is -2.02. The number of halogens is 2. The molecule has 1 aliphatic heterocycles. The third-order valence-electron chi connectivity index (χ3n) is 5.76. The molecule has 180 valence electrons. The average Bonchev–Trinajstić information content (AvgIpc) is 3.23. The number of aromatic nitrogens is 1. The lowest BCUT2D eigenvalue weighted by molar-refractivity contribution is -0.384. The van der Waals surface area contributed by atoms with Gasteiger partial charge >= 0.3 is 0 Å². The van der Waals surface area contributed by atoms with Crippen molar-refractivity contribution in [2.75, 3.05) is 50.1 Å². The average molecular weight is 490 g/mol. The van der Waals surface area contributed by atoms with Gasteiger partial charge in [-0.3, -0.25) is 19.8 Å². The second kappa shape index (κ2) is 9.98. The first kappa shape index (κ1) is 24.0. The van der Waals surface area contributed by atoms with Gasteiger partial charge < -0.3 is 9.80 Å². The number of anilines is 2. The van der Waals surface area contributed by atoms with Gasteiger partial charge in [-0.25, -0.2) is 13.8 Å². The maximum Gasteiger partial charge on any atom is 0.293 e. The fourth-order valence-corrected chi connectivity index (χ4v) is 5.04. The topological polar surface area (TPSA) is 82.8 Å². The Morgan fingerprint density at radius 3 is 2.56 bits per heavy atom. The van der Waals surface area contributed by atoms with Crippen LogP contribution in [0.25, 0.3) is 10.2 Å². The van der Waals surface area contributed by atoms with E-state index in [4.69, 9.17) is 0 Å². The molecular weight excluding hydrogens is 464 g/mol. The number of carbonyl (C=O) groups excluding carboxylic acids is 1. The molecule has 0 unspecified atom stereocenters. The van der Waals surface area contributed by atoms with Crippen LogP contribution in [0.1, 0.15) is 29.6 Å². The number of thiazole rings is 1. The van der Waals surface area contributed by atoms with E-state index in [1.54, 1.807) is 12.1 Å². The van der Waals surface area contributed by atoms with Crippen LogP contribution in [0.4, 0.5) is 25.3 Å². The van der Waals surface area contributed by atoms with Crippen molar-refractivity contribution in [3.63, 3.8) is 0 Å². The van der Waals surface area contributed by atoms with Gasteiger partial charge in [0.2, 0.25) is 0 Å². The fourth-order valence-electron chi connectivity index (χ4n) is 4.01. The van der Waals surface area contributed by atoms with Gasteiger partial charge in [-0.2, -0.15) is 0 Å². The maximum atomic E-state index is 14.2. The van der Waals surface area contributed by atoms with E-state index in [0.29, 0.717) is 12.2 Å². The van der Waals surface area contributed by atoms with Crippen LogP contribution in [0.5, 0.6) is 0 Å². The molecule has 0 N–H and O–H groups in total. The third-order valence-corrected chi connectivity index (χ3v) is 6.79. The molecule has 0 spiro atoms. The van der Waals surface area contributed by atoms with Crippen LogP contribution in [-0.4, -0.2) is 61.0 Å². The first-order valence-electron chi connectivity index (χ1n) is 11.0. The van der Waals surface area contributed by atoms with Crippen LogP contribution in [0, 0.1) is 21.7 Å². The quantitative estimate of drug-likeness (QED) is 0.354. The SMILES string of the molecule is CN(C)CCN(C(=O)c1ccc(N2CCCCC2)c([N+](=O)[O-])c1)c1nc2c(F)cc(F)cc2s1. The van der Waals surface area contributed by atoms with Crippen molar-refractivity contribution in [1.29, 1.82) is 0 Å². The molecule has 0 aliphatic carbocycles. The number of carbonyl (C=O) groups is 1. The van der Waals surface area contributed by atoms with Crippen molar-refractivity contribution >= 4 is 44.0 Å². The van der Waals surface area contributed by atoms with Crippen LogP contribution in [0.2, 0.25) is 0 Å². The van der Waals surface area contributed by atoms with Gasteiger partial charge in [0.15, 0.2) is 10.9 Å². The molecule has 0 bridgehead atoms. The first-order valence-corrected chi connectivity index (χ1v) is 11.8. The predicted molar refractivity (Wildman–Crippen MR) is 129 cm³/mol. The molecule has 1 fully saturated rings. The largest absolute Gasteiger partial charge is 0.366 e. The monoisotopic (exact) mass is 489 g/mol. The van der Waals surface area contributed by atoms with Gasteiger partial charge in [0.1, 0.15) is 17.0 Å². The summed E-state index contributed by atoms with van der Waals surface area (Å²) in [5, 5.41) is 12.0. The zero-order valence-corrected chi connectivity index (χ0v) is 19.8. The number of benzene rings is 2. The zero-order valence-electron chi connectivity index (χ0n) is 19.0. The molecule has 2 aromatic carbocycles. The Kier molecular flexibility index (Phi) is 7.03.